The minimum Gasteiger partial charge on any atom is -0.484 e. The Balaban J connectivity index is 1.75. The predicted molar refractivity (Wildman–Crippen MR) is 112 cm³/mol. The van der Waals surface area contributed by atoms with Crippen LogP contribution < -0.4 is 10.1 Å². The molecule has 1 aromatic carbocycles. The van der Waals surface area contributed by atoms with Gasteiger partial charge < -0.3 is 14.8 Å². The fourth-order valence-electron chi connectivity index (χ4n) is 3.17. The first-order valence-electron chi connectivity index (χ1n) is 9.37. The van der Waals surface area contributed by atoms with E-state index in [0.717, 1.165) is 29.7 Å². The van der Waals surface area contributed by atoms with Crippen LogP contribution in [0.1, 0.15) is 48.0 Å². The minimum absolute atomic E-state index is 0.154. The lowest BCUT2D eigenvalue weighted by Gasteiger charge is -2.18. The van der Waals surface area contributed by atoms with Gasteiger partial charge in [-0.1, -0.05) is 18.5 Å². The molecule has 1 aliphatic carbocycles. The van der Waals surface area contributed by atoms with Crippen molar-refractivity contribution in [2.75, 3.05) is 11.9 Å². The van der Waals surface area contributed by atoms with Gasteiger partial charge in [0.2, 0.25) is 0 Å². The van der Waals surface area contributed by atoms with Crippen LogP contribution in [0.3, 0.4) is 0 Å². The number of benzene rings is 1. The molecule has 0 aliphatic heterocycles. The van der Waals surface area contributed by atoms with Gasteiger partial charge in [-0.05, 0) is 68.9 Å². The van der Waals surface area contributed by atoms with Crippen LogP contribution in [-0.4, -0.2) is 24.6 Å². The van der Waals surface area contributed by atoms with Crippen LogP contribution >= 0.6 is 22.9 Å². The van der Waals surface area contributed by atoms with E-state index in [1.54, 1.807) is 24.3 Å². The topological polar surface area (TPSA) is 64.6 Å². The summed E-state index contributed by atoms with van der Waals surface area (Å²) in [5.74, 6) is 0.423. The van der Waals surface area contributed by atoms with Crippen molar-refractivity contribution in [1.29, 1.82) is 0 Å². The zero-order chi connectivity index (χ0) is 20.3. The Labute approximate surface area is 174 Å². The number of halogens is 1. The van der Waals surface area contributed by atoms with E-state index >= 15 is 0 Å². The third-order valence-corrected chi connectivity index (χ3v) is 5.92. The summed E-state index contributed by atoms with van der Waals surface area (Å²) in [6, 6.07) is 6.80. The molecule has 1 atom stereocenters. The summed E-state index contributed by atoms with van der Waals surface area (Å²) in [5, 5.41) is 4.00. The number of thiophene rings is 1. The molecule has 150 valence electrons. The second-order valence-electron chi connectivity index (χ2n) is 7.30. The average Bonchev–Trinajstić information content (AvgIpc) is 2.97. The Morgan fingerprint density at radius 2 is 2.00 bits per heavy atom. The Bertz CT molecular complexity index is 860. The van der Waals surface area contributed by atoms with Gasteiger partial charge in [-0.15, -0.1) is 11.3 Å². The van der Waals surface area contributed by atoms with Crippen molar-refractivity contribution in [3.63, 3.8) is 0 Å². The second-order valence-corrected chi connectivity index (χ2v) is 8.84. The fraction of sp³-hybridized carbons (Fsp3) is 0.429. The molecule has 0 radical (unpaired) electrons. The molecule has 0 saturated carbocycles. The Kier molecular flexibility index (Phi) is 6.62. The van der Waals surface area contributed by atoms with Gasteiger partial charge in [-0.25, -0.2) is 4.79 Å². The van der Waals surface area contributed by atoms with E-state index < -0.39 is 0 Å². The molecular formula is C21H24ClNO4S. The van der Waals surface area contributed by atoms with Crippen LogP contribution in [0.15, 0.2) is 24.3 Å². The monoisotopic (exact) mass is 421 g/mol. The second kappa shape index (κ2) is 8.97. The average molecular weight is 422 g/mol. The molecule has 0 fully saturated rings. The van der Waals surface area contributed by atoms with Gasteiger partial charge >= 0.3 is 5.97 Å². The van der Waals surface area contributed by atoms with Gasteiger partial charge in [0, 0.05) is 9.90 Å². The number of fused-ring (bicyclic) bond motifs is 1. The molecule has 0 saturated heterocycles. The maximum atomic E-state index is 12.7. The van der Waals surface area contributed by atoms with Gasteiger partial charge in [-0.3, -0.25) is 4.79 Å². The zero-order valence-corrected chi connectivity index (χ0v) is 17.8. The third-order valence-electron chi connectivity index (χ3n) is 4.50. The van der Waals surface area contributed by atoms with Crippen LogP contribution in [0, 0.1) is 5.92 Å². The first kappa shape index (κ1) is 20.7. The summed E-state index contributed by atoms with van der Waals surface area (Å²) in [7, 11) is 0. The Hall–Kier alpha value is -2.05. The summed E-state index contributed by atoms with van der Waals surface area (Å²) in [6.45, 7) is 5.68. The molecule has 7 heteroatoms. The molecule has 1 aliphatic rings. The molecule has 0 spiro atoms. The van der Waals surface area contributed by atoms with Crippen molar-refractivity contribution in [1.82, 2.24) is 0 Å². The lowest BCUT2D eigenvalue weighted by molar-refractivity contribution is -0.118. The lowest BCUT2D eigenvalue weighted by atomic mass is 9.88. The number of carbonyl (C=O) groups excluding carboxylic acids is 2. The van der Waals surface area contributed by atoms with Crippen LogP contribution in [0.25, 0.3) is 0 Å². The highest BCUT2D eigenvalue weighted by molar-refractivity contribution is 7.17. The molecule has 2 aromatic rings. The van der Waals surface area contributed by atoms with Gasteiger partial charge in [-0.2, -0.15) is 0 Å². The molecule has 1 amide bonds. The minimum atomic E-state index is -0.379. The zero-order valence-electron chi connectivity index (χ0n) is 16.2. The van der Waals surface area contributed by atoms with E-state index in [9.17, 15) is 9.59 Å². The van der Waals surface area contributed by atoms with Crippen molar-refractivity contribution in [2.45, 2.75) is 46.1 Å². The molecular weight excluding hydrogens is 398 g/mol. The Morgan fingerprint density at radius 1 is 1.29 bits per heavy atom. The number of hydrogen-bond donors (Lipinski definition) is 1. The summed E-state index contributed by atoms with van der Waals surface area (Å²) < 4.78 is 10.9. The highest BCUT2D eigenvalue weighted by atomic mass is 35.5. The molecule has 1 aromatic heterocycles. The van der Waals surface area contributed by atoms with E-state index in [1.165, 1.54) is 11.3 Å². The van der Waals surface area contributed by atoms with Crippen LogP contribution in [0.2, 0.25) is 5.02 Å². The quantitative estimate of drug-likeness (QED) is 0.658. The summed E-state index contributed by atoms with van der Waals surface area (Å²) in [4.78, 5) is 26.2. The smallest absolute Gasteiger partial charge is 0.341 e. The summed E-state index contributed by atoms with van der Waals surface area (Å²) in [5.41, 5.74) is 1.52. The van der Waals surface area contributed by atoms with E-state index in [-0.39, 0.29) is 24.6 Å². The number of anilines is 1. The number of rotatable bonds is 6. The standard InChI is InChI=1S/C21H24ClNO4S/c1-12(2)27-21(25)19-16-9-4-13(3)10-17(16)28-20(19)23-18(24)11-26-15-7-5-14(22)6-8-15/h5-8,12-13H,4,9-11H2,1-3H3,(H,23,24). The molecule has 0 bridgehead atoms. The molecule has 28 heavy (non-hydrogen) atoms. The van der Waals surface area contributed by atoms with Gasteiger partial charge in [0.15, 0.2) is 6.61 Å². The largest absolute Gasteiger partial charge is 0.484 e. The first-order chi connectivity index (χ1) is 13.3. The highest BCUT2D eigenvalue weighted by Gasteiger charge is 2.29. The highest BCUT2D eigenvalue weighted by Crippen LogP contribution is 2.40. The van der Waals surface area contributed by atoms with E-state index in [1.807, 2.05) is 13.8 Å². The normalized spacial score (nSPS) is 15.8. The van der Waals surface area contributed by atoms with Crippen molar-refractivity contribution in [2.24, 2.45) is 5.92 Å². The van der Waals surface area contributed by atoms with Crippen LogP contribution in [0.4, 0.5) is 5.00 Å². The van der Waals surface area contributed by atoms with E-state index in [4.69, 9.17) is 21.1 Å². The van der Waals surface area contributed by atoms with E-state index in [2.05, 4.69) is 12.2 Å². The Morgan fingerprint density at radius 3 is 2.68 bits per heavy atom. The number of amides is 1. The molecule has 1 N–H and O–H groups in total. The predicted octanol–water partition coefficient (Wildman–Crippen LogP) is 5.11. The van der Waals surface area contributed by atoms with Crippen molar-refractivity contribution >= 4 is 39.8 Å². The number of carbonyl (C=O) groups is 2. The summed E-state index contributed by atoms with van der Waals surface area (Å²) in [6.07, 6.45) is 2.55. The van der Waals surface area contributed by atoms with Crippen LogP contribution in [-0.2, 0) is 22.4 Å². The van der Waals surface area contributed by atoms with Crippen molar-refractivity contribution in [3.8, 4) is 5.75 Å². The van der Waals surface area contributed by atoms with Gasteiger partial charge in [0.1, 0.15) is 10.8 Å². The SMILES string of the molecule is CC1CCc2c(sc(NC(=O)COc3ccc(Cl)cc3)c2C(=O)OC(C)C)C1. The molecule has 5 nitrogen and oxygen atoms in total. The maximum Gasteiger partial charge on any atom is 0.341 e. The fourth-order valence-corrected chi connectivity index (χ4v) is 4.71. The van der Waals surface area contributed by atoms with E-state index in [0.29, 0.717) is 27.3 Å². The first-order valence-corrected chi connectivity index (χ1v) is 10.6. The summed E-state index contributed by atoms with van der Waals surface area (Å²) >= 11 is 7.31. The third kappa shape index (κ3) is 5.06. The van der Waals surface area contributed by atoms with Gasteiger partial charge in [0.05, 0.1) is 11.7 Å². The van der Waals surface area contributed by atoms with Crippen LogP contribution in [0.5, 0.6) is 5.75 Å². The molecule has 1 heterocycles. The van der Waals surface area contributed by atoms with Gasteiger partial charge in [0.25, 0.3) is 5.91 Å². The number of nitrogens with one attached hydrogen (secondary N) is 1. The number of esters is 1. The lowest BCUT2D eigenvalue weighted by Crippen LogP contribution is -2.22. The molecule has 3 rings (SSSR count). The number of ether oxygens (including phenoxy) is 2. The molecule has 1 unspecified atom stereocenters. The van der Waals surface area contributed by atoms with Crippen molar-refractivity contribution < 1.29 is 19.1 Å². The number of hydrogen-bond acceptors (Lipinski definition) is 5. The maximum absolute atomic E-state index is 12.7. The van der Waals surface area contributed by atoms with Crippen molar-refractivity contribution in [3.05, 3.63) is 45.3 Å².